The zero-order valence-corrected chi connectivity index (χ0v) is 17.0. The van der Waals surface area contributed by atoms with Gasteiger partial charge in [-0.1, -0.05) is 24.6 Å². The van der Waals surface area contributed by atoms with Gasteiger partial charge in [0.1, 0.15) is 11.4 Å². The molecule has 1 amide bonds. The summed E-state index contributed by atoms with van der Waals surface area (Å²) in [5.74, 6) is 0.185. The second-order valence-electron chi connectivity index (χ2n) is 6.85. The number of ether oxygens (including phenoxy) is 1. The number of benzene rings is 1. The maximum atomic E-state index is 12.4. The average molecular weight is 404 g/mol. The molecule has 3 rings (SSSR count). The van der Waals surface area contributed by atoms with Gasteiger partial charge in [0.25, 0.3) is 5.69 Å². The minimum absolute atomic E-state index is 0.131. The highest BCUT2D eigenvalue weighted by molar-refractivity contribution is 7.99. The molecule has 0 unspecified atom stereocenters. The van der Waals surface area contributed by atoms with Crippen molar-refractivity contribution in [2.45, 2.75) is 50.7 Å². The van der Waals surface area contributed by atoms with Crippen molar-refractivity contribution in [3.63, 3.8) is 0 Å². The highest BCUT2D eigenvalue weighted by atomic mass is 32.2. The van der Waals surface area contributed by atoms with E-state index in [4.69, 9.17) is 4.74 Å². The van der Waals surface area contributed by atoms with E-state index < -0.39 is 4.92 Å². The molecule has 2 aromatic rings. The molecule has 1 aliphatic carbocycles. The van der Waals surface area contributed by atoms with Gasteiger partial charge in [0.2, 0.25) is 5.91 Å². The average Bonchev–Trinajstić information content (AvgIpc) is 3.28. The SMILES string of the molecule is COc1ccc(NC(=O)CSc2nc(C)c(C)n2C2CCCC2)c([N+](=O)[O-])c1. The summed E-state index contributed by atoms with van der Waals surface area (Å²) in [4.78, 5) is 27.8. The van der Waals surface area contributed by atoms with E-state index in [2.05, 4.69) is 21.8 Å². The maximum absolute atomic E-state index is 12.4. The van der Waals surface area contributed by atoms with E-state index in [1.807, 2.05) is 6.92 Å². The number of aryl methyl sites for hydroxylation is 1. The predicted molar refractivity (Wildman–Crippen MR) is 108 cm³/mol. The van der Waals surface area contributed by atoms with Crippen LogP contribution in [0.15, 0.2) is 23.4 Å². The third-order valence-electron chi connectivity index (χ3n) is 5.05. The van der Waals surface area contributed by atoms with Gasteiger partial charge in [-0.3, -0.25) is 14.9 Å². The van der Waals surface area contributed by atoms with Crippen molar-refractivity contribution >= 4 is 29.0 Å². The van der Waals surface area contributed by atoms with Crippen molar-refractivity contribution in [2.75, 3.05) is 18.2 Å². The van der Waals surface area contributed by atoms with Crippen LogP contribution in [0.5, 0.6) is 5.75 Å². The number of anilines is 1. The molecule has 0 bridgehead atoms. The lowest BCUT2D eigenvalue weighted by Gasteiger charge is -2.16. The van der Waals surface area contributed by atoms with Crippen LogP contribution in [-0.4, -0.2) is 33.2 Å². The Kier molecular flexibility index (Phi) is 6.23. The van der Waals surface area contributed by atoms with E-state index in [1.165, 1.54) is 43.8 Å². The fourth-order valence-corrected chi connectivity index (χ4v) is 4.46. The molecule has 9 heteroatoms. The molecule has 0 aliphatic heterocycles. The number of rotatable bonds is 7. The molecular formula is C19H24N4O4S. The van der Waals surface area contributed by atoms with E-state index in [0.717, 1.165) is 29.4 Å². The number of carbonyl (C=O) groups excluding carboxylic acids is 1. The molecule has 1 saturated carbocycles. The van der Waals surface area contributed by atoms with Crippen molar-refractivity contribution in [3.8, 4) is 5.75 Å². The molecule has 8 nitrogen and oxygen atoms in total. The van der Waals surface area contributed by atoms with E-state index in [1.54, 1.807) is 6.07 Å². The Balaban J connectivity index is 1.70. The summed E-state index contributed by atoms with van der Waals surface area (Å²) in [6.45, 7) is 4.04. The van der Waals surface area contributed by atoms with Gasteiger partial charge in [-0.15, -0.1) is 0 Å². The van der Waals surface area contributed by atoms with Crippen LogP contribution in [0.3, 0.4) is 0 Å². The number of nitro groups is 1. The first-order chi connectivity index (χ1) is 13.4. The van der Waals surface area contributed by atoms with E-state index in [9.17, 15) is 14.9 Å². The molecule has 0 saturated heterocycles. The summed E-state index contributed by atoms with van der Waals surface area (Å²) in [5, 5.41) is 14.7. The highest BCUT2D eigenvalue weighted by Gasteiger charge is 2.24. The van der Waals surface area contributed by atoms with E-state index >= 15 is 0 Å². The number of aromatic nitrogens is 2. The topological polar surface area (TPSA) is 99.3 Å². The van der Waals surface area contributed by atoms with Gasteiger partial charge < -0.3 is 14.6 Å². The van der Waals surface area contributed by atoms with Crippen molar-refractivity contribution in [1.29, 1.82) is 0 Å². The minimum Gasteiger partial charge on any atom is -0.496 e. The van der Waals surface area contributed by atoms with Crippen molar-refractivity contribution < 1.29 is 14.5 Å². The summed E-state index contributed by atoms with van der Waals surface area (Å²) in [7, 11) is 1.43. The van der Waals surface area contributed by atoms with Gasteiger partial charge in [0.15, 0.2) is 5.16 Å². The van der Waals surface area contributed by atoms with Gasteiger partial charge in [-0.2, -0.15) is 0 Å². The number of hydrogen-bond donors (Lipinski definition) is 1. The molecule has 0 spiro atoms. The van der Waals surface area contributed by atoms with Crippen molar-refractivity contribution in [1.82, 2.24) is 9.55 Å². The Bertz CT molecular complexity index is 890. The Morgan fingerprint density at radius 1 is 1.39 bits per heavy atom. The molecule has 0 radical (unpaired) electrons. The Morgan fingerprint density at radius 3 is 2.75 bits per heavy atom. The number of amides is 1. The third kappa shape index (κ3) is 4.30. The number of nitro benzene ring substituents is 1. The largest absolute Gasteiger partial charge is 0.496 e. The van der Waals surface area contributed by atoms with Crippen LogP contribution in [0.25, 0.3) is 0 Å². The number of imidazole rings is 1. The standard InChI is InChI=1S/C19H24N4O4S/c1-12-13(2)22(14-6-4-5-7-14)19(20-12)28-11-18(24)21-16-9-8-15(27-3)10-17(16)23(25)26/h8-10,14H,4-7,11H2,1-3H3,(H,21,24). The summed E-state index contributed by atoms with van der Waals surface area (Å²) in [6.07, 6.45) is 4.70. The predicted octanol–water partition coefficient (Wildman–Crippen LogP) is 4.26. The van der Waals surface area contributed by atoms with Crippen LogP contribution in [0.2, 0.25) is 0 Å². The molecule has 1 heterocycles. The first-order valence-corrected chi connectivity index (χ1v) is 10.2. The summed E-state index contributed by atoms with van der Waals surface area (Å²) in [5.41, 5.74) is 2.07. The van der Waals surface area contributed by atoms with Crippen LogP contribution in [0.4, 0.5) is 11.4 Å². The number of methoxy groups -OCH3 is 1. The van der Waals surface area contributed by atoms with Crippen LogP contribution in [0.1, 0.15) is 43.1 Å². The molecule has 1 aromatic carbocycles. The Labute approximate surface area is 167 Å². The Morgan fingerprint density at radius 2 is 2.11 bits per heavy atom. The van der Waals surface area contributed by atoms with Crippen LogP contribution in [-0.2, 0) is 4.79 Å². The molecule has 1 aliphatic rings. The second kappa shape index (κ2) is 8.64. The zero-order valence-electron chi connectivity index (χ0n) is 16.2. The van der Waals surface area contributed by atoms with Gasteiger partial charge >= 0.3 is 0 Å². The lowest BCUT2D eigenvalue weighted by molar-refractivity contribution is -0.384. The smallest absolute Gasteiger partial charge is 0.296 e. The molecular weight excluding hydrogens is 380 g/mol. The Hall–Kier alpha value is -2.55. The number of nitrogens with zero attached hydrogens (tertiary/aromatic N) is 3. The van der Waals surface area contributed by atoms with Gasteiger partial charge in [-0.25, -0.2) is 4.98 Å². The first kappa shape index (κ1) is 20.2. The normalized spacial score (nSPS) is 14.2. The van der Waals surface area contributed by atoms with Crippen LogP contribution >= 0.6 is 11.8 Å². The molecule has 1 fully saturated rings. The number of carbonyl (C=O) groups is 1. The van der Waals surface area contributed by atoms with Crippen molar-refractivity contribution in [2.24, 2.45) is 0 Å². The fraction of sp³-hybridized carbons (Fsp3) is 0.474. The quantitative estimate of drug-likeness (QED) is 0.420. The fourth-order valence-electron chi connectivity index (χ4n) is 3.50. The minimum atomic E-state index is -0.537. The molecule has 150 valence electrons. The molecule has 28 heavy (non-hydrogen) atoms. The third-order valence-corrected chi connectivity index (χ3v) is 6.00. The molecule has 1 N–H and O–H groups in total. The van der Waals surface area contributed by atoms with Gasteiger partial charge in [-0.05, 0) is 38.8 Å². The monoisotopic (exact) mass is 404 g/mol. The van der Waals surface area contributed by atoms with Crippen molar-refractivity contribution in [3.05, 3.63) is 39.7 Å². The highest BCUT2D eigenvalue weighted by Crippen LogP contribution is 2.35. The van der Waals surface area contributed by atoms with Gasteiger partial charge in [0, 0.05) is 11.7 Å². The number of hydrogen-bond acceptors (Lipinski definition) is 6. The van der Waals surface area contributed by atoms with Crippen LogP contribution < -0.4 is 10.1 Å². The van der Waals surface area contributed by atoms with E-state index in [-0.39, 0.29) is 23.0 Å². The summed E-state index contributed by atoms with van der Waals surface area (Å²) in [6, 6.07) is 4.79. The zero-order chi connectivity index (χ0) is 20.3. The van der Waals surface area contributed by atoms with Gasteiger partial charge in [0.05, 0.1) is 29.5 Å². The van der Waals surface area contributed by atoms with E-state index in [0.29, 0.717) is 11.8 Å². The lowest BCUT2D eigenvalue weighted by atomic mass is 10.2. The second-order valence-corrected chi connectivity index (χ2v) is 7.79. The molecule has 0 atom stereocenters. The summed E-state index contributed by atoms with van der Waals surface area (Å²) >= 11 is 1.36. The van der Waals surface area contributed by atoms with Crippen LogP contribution in [0, 0.1) is 24.0 Å². The summed E-state index contributed by atoms with van der Waals surface area (Å²) < 4.78 is 7.26. The number of nitrogens with one attached hydrogen (secondary N) is 1. The maximum Gasteiger partial charge on any atom is 0.296 e. The lowest BCUT2D eigenvalue weighted by Crippen LogP contribution is -2.16. The first-order valence-electron chi connectivity index (χ1n) is 9.21. The number of thioether (sulfide) groups is 1. The molecule has 1 aromatic heterocycles.